The van der Waals surface area contributed by atoms with E-state index in [2.05, 4.69) is 18.9 Å². The molecule has 0 aromatic carbocycles. The van der Waals surface area contributed by atoms with Gasteiger partial charge in [0.15, 0.2) is 0 Å². The van der Waals surface area contributed by atoms with Crippen molar-refractivity contribution in [1.82, 2.24) is 24.1 Å². The molecule has 0 atom stereocenters. The number of carbonyl (C=O) groups excluding carboxylic acids is 2. The summed E-state index contributed by atoms with van der Waals surface area (Å²) >= 11 is 0. The number of anilines is 1. The van der Waals surface area contributed by atoms with Crippen LogP contribution in [0.25, 0.3) is 5.65 Å². The minimum atomic E-state index is 0.0357. The zero-order valence-electron chi connectivity index (χ0n) is 18.2. The molecule has 0 radical (unpaired) electrons. The molecule has 158 valence electrons. The molecule has 1 saturated heterocycles. The van der Waals surface area contributed by atoms with Crippen molar-refractivity contribution >= 4 is 23.3 Å². The Balaban J connectivity index is 1.97. The van der Waals surface area contributed by atoms with Crippen molar-refractivity contribution in [2.24, 2.45) is 0 Å². The molecule has 0 saturated carbocycles. The van der Waals surface area contributed by atoms with Gasteiger partial charge < -0.3 is 19.6 Å². The third-order valence-corrected chi connectivity index (χ3v) is 5.54. The number of likely N-dealkylation sites (N-methyl/N-ethyl adjacent to an activating group) is 3. The lowest BCUT2D eigenvalue weighted by molar-refractivity contribution is -0.127. The summed E-state index contributed by atoms with van der Waals surface area (Å²) in [5, 5.41) is 0. The second-order valence-electron chi connectivity index (χ2n) is 7.78. The SMILES string of the molecule is CCc1nc2ccc(C(=O)N3CCN(C)CC3)cn2c1N(CC)CC(=O)N(C)C. The molecule has 0 unspecified atom stereocenters. The molecule has 8 nitrogen and oxygen atoms in total. The van der Waals surface area contributed by atoms with E-state index in [0.29, 0.717) is 12.1 Å². The van der Waals surface area contributed by atoms with Crippen LogP contribution in [0.15, 0.2) is 18.3 Å². The van der Waals surface area contributed by atoms with Crippen LogP contribution in [0, 0.1) is 0 Å². The highest BCUT2D eigenvalue weighted by Gasteiger charge is 2.23. The molecule has 0 aliphatic carbocycles. The van der Waals surface area contributed by atoms with Crippen LogP contribution >= 0.6 is 0 Å². The number of nitrogens with zero attached hydrogens (tertiary/aromatic N) is 6. The van der Waals surface area contributed by atoms with Crippen LogP contribution in [0.1, 0.15) is 29.9 Å². The highest BCUT2D eigenvalue weighted by molar-refractivity contribution is 5.94. The van der Waals surface area contributed by atoms with Gasteiger partial charge in [-0.1, -0.05) is 6.92 Å². The van der Waals surface area contributed by atoms with Crippen molar-refractivity contribution in [3.63, 3.8) is 0 Å². The van der Waals surface area contributed by atoms with Crippen molar-refractivity contribution < 1.29 is 9.59 Å². The molecule has 8 heteroatoms. The molecule has 3 heterocycles. The standard InChI is InChI=1S/C21H32N6O2/c1-6-17-20(25(7-2)15-19(28)23(3)4)27-14-16(8-9-18(27)22-17)21(29)26-12-10-24(5)11-13-26/h8-9,14H,6-7,10-13,15H2,1-5H3. The number of hydrogen-bond donors (Lipinski definition) is 0. The smallest absolute Gasteiger partial charge is 0.255 e. The van der Waals surface area contributed by atoms with Gasteiger partial charge in [0.05, 0.1) is 17.8 Å². The van der Waals surface area contributed by atoms with Gasteiger partial charge in [0.25, 0.3) is 5.91 Å². The van der Waals surface area contributed by atoms with Gasteiger partial charge in [-0.25, -0.2) is 4.98 Å². The number of aromatic nitrogens is 2. The number of rotatable bonds is 6. The summed E-state index contributed by atoms with van der Waals surface area (Å²) in [6.07, 6.45) is 2.63. The monoisotopic (exact) mass is 400 g/mol. The molecule has 1 aliphatic heterocycles. The number of pyridine rings is 1. The highest BCUT2D eigenvalue weighted by atomic mass is 16.2. The summed E-state index contributed by atoms with van der Waals surface area (Å²) in [6, 6.07) is 3.75. The normalized spacial score (nSPS) is 15.0. The average molecular weight is 401 g/mol. The fraction of sp³-hybridized carbons (Fsp3) is 0.571. The Morgan fingerprint density at radius 1 is 1.10 bits per heavy atom. The Hall–Kier alpha value is -2.61. The van der Waals surface area contributed by atoms with Gasteiger partial charge in [0.1, 0.15) is 11.5 Å². The number of amides is 2. The minimum Gasteiger partial charge on any atom is -0.347 e. The summed E-state index contributed by atoms with van der Waals surface area (Å²) in [5.74, 6) is 0.979. The first kappa shape index (κ1) is 21.1. The lowest BCUT2D eigenvalue weighted by atomic mass is 10.2. The van der Waals surface area contributed by atoms with Gasteiger partial charge in [-0.3, -0.25) is 14.0 Å². The first-order chi connectivity index (χ1) is 13.8. The van der Waals surface area contributed by atoms with Crippen LogP contribution in [0.3, 0.4) is 0 Å². The number of carbonyl (C=O) groups is 2. The Morgan fingerprint density at radius 3 is 2.38 bits per heavy atom. The fourth-order valence-electron chi connectivity index (χ4n) is 3.61. The zero-order valence-corrected chi connectivity index (χ0v) is 18.2. The van der Waals surface area contributed by atoms with E-state index in [9.17, 15) is 9.59 Å². The van der Waals surface area contributed by atoms with Crippen LogP contribution in [-0.4, -0.2) is 96.3 Å². The van der Waals surface area contributed by atoms with E-state index in [-0.39, 0.29) is 18.4 Å². The Labute approximate surface area is 172 Å². The van der Waals surface area contributed by atoms with E-state index in [4.69, 9.17) is 4.98 Å². The van der Waals surface area contributed by atoms with Crippen molar-refractivity contribution in [2.75, 3.05) is 65.3 Å². The predicted molar refractivity (Wildman–Crippen MR) is 115 cm³/mol. The van der Waals surface area contributed by atoms with Gasteiger partial charge in [0, 0.05) is 53.0 Å². The van der Waals surface area contributed by atoms with Crippen molar-refractivity contribution in [3.05, 3.63) is 29.6 Å². The summed E-state index contributed by atoms with van der Waals surface area (Å²) in [4.78, 5) is 37.9. The maximum absolute atomic E-state index is 13.0. The number of hydrogen-bond acceptors (Lipinski definition) is 5. The van der Waals surface area contributed by atoms with Crippen LogP contribution in [0.5, 0.6) is 0 Å². The second-order valence-corrected chi connectivity index (χ2v) is 7.78. The van der Waals surface area contributed by atoms with Crippen LogP contribution in [-0.2, 0) is 11.2 Å². The largest absolute Gasteiger partial charge is 0.347 e. The van der Waals surface area contributed by atoms with Gasteiger partial charge >= 0.3 is 0 Å². The summed E-state index contributed by atoms with van der Waals surface area (Å²) in [6.45, 7) is 8.30. The third kappa shape index (κ3) is 4.37. The predicted octanol–water partition coefficient (Wildman–Crippen LogP) is 1.20. The Morgan fingerprint density at radius 2 is 1.79 bits per heavy atom. The van der Waals surface area contributed by atoms with Crippen molar-refractivity contribution in [3.8, 4) is 0 Å². The molecule has 3 rings (SSSR count). The lowest BCUT2D eigenvalue weighted by Gasteiger charge is -2.32. The highest BCUT2D eigenvalue weighted by Crippen LogP contribution is 2.24. The first-order valence-electron chi connectivity index (χ1n) is 10.3. The molecule has 2 aromatic rings. The zero-order chi connectivity index (χ0) is 21.1. The molecule has 2 aromatic heterocycles. The van der Waals surface area contributed by atoms with Crippen LogP contribution in [0.4, 0.5) is 5.82 Å². The van der Waals surface area contributed by atoms with E-state index in [1.54, 1.807) is 19.0 Å². The van der Waals surface area contributed by atoms with E-state index < -0.39 is 0 Å². The topological polar surface area (TPSA) is 64.4 Å². The van der Waals surface area contributed by atoms with Gasteiger partial charge in [-0.15, -0.1) is 0 Å². The number of aryl methyl sites for hydroxylation is 1. The lowest BCUT2D eigenvalue weighted by Crippen LogP contribution is -2.47. The molecular weight excluding hydrogens is 368 g/mol. The quantitative estimate of drug-likeness (QED) is 0.729. The summed E-state index contributed by atoms with van der Waals surface area (Å²) < 4.78 is 1.97. The third-order valence-electron chi connectivity index (χ3n) is 5.54. The van der Waals surface area contributed by atoms with Gasteiger partial charge in [0.2, 0.25) is 5.91 Å². The summed E-state index contributed by atoms with van der Waals surface area (Å²) in [5.41, 5.74) is 2.38. The van der Waals surface area contributed by atoms with E-state index in [1.165, 1.54) is 0 Å². The van der Waals surface area contributed by atoms with Crippen molar-refractivity contribution in [2.45, 2.75) is 20.3 Å². The molecule has 0 spiro atoms. The first-order valence-corrected chi connectivity index (χ1v) is 10.3. The van der Waals surface area contributed by atoms with Gasteiger partial charge in [-0.05, 0) is 32.5 Å². The maximum atomic E-state index is 13.0. The maximum Gasteiger partial charge on any atom is 0.255 e. The molecule has 1 fully saturated rings. The van der Waals surface area contributed by atoms with E-state index in [1.807, 2.05) is 39.5 Å². The number of imidazole rings is 1. The van der Waals surface area contributed by atoms with Crippen LogP contribution in [0.2, 0.25) is 0 Å². The minimum absolute atomic E-state index is 0.0357. The fourth-order valence-corrected chi connectivity index (χ4v) is 3.61. The summed E-state index contributed by atoms with van der Waals surface area (Å²) in [7, 11) is 5.60. The molecule has 0 N–H and O–H groups in total. The molecule has 29 heavy (non-hydrogen) atoms. The molecule has 2 amide bonds. The van der Waals surface area contributed by atoms with Crippen molar-refractivity contribution in [1.29, 1.82) is 0 Å². The molecule has 1 aliphatic rings. The van der Waals surface area contributed by atoms with E-state index >= 15 is 0 Å². The number of piperazine rings is 1. The molecular formula is C21H32N6O2. The van der Waals surface area contributed by atoms with Gasteiger partial charge in [-0.2, -0.15) is 0 Å². The molecule has 0 bridgehead atoms. The second kappa shape index (κ2) is 8.82. The van der Waals surface area contributed by atoms with E-state index in [0.717, 1.165) is 49.8 Å². The van der Waals surface area contributed by atoms with Crippen LogP contribution < -0.4 is 4.90 Å². The number of fused-ring (bicyclic) bond motifs is 1. The Bertz CT molecular complexity index is 883. The Kier molecular flexibility index (Phi) is 6.42. The average Bonchev–Trinajstić information content (AvgIpc) is 3.09.